The molecule has 16 heavy (non-hydrogen) atoms. The van der Waals surface area contributed by atoms with Crippen LogP contribution in [0.1, 0.15) is 12.8 Å². The molecule has 1 aliphatic heterocycles. The van der Waals surface area contributed by atoms with E-state index >= 15 is 0 Å². The lowest BCUT2D eigenvalue weighted by molar-refractivity contribution is -0.128. The topological polar surface area (TPSA) is 61.4 Å². The smallest absolute Gasteiger partial charge is 0.249 e. The first kappa shape index (κ1) is 12.9. The highest BCUT2D eigenvalue weighted by atomic mass is 16.2. The van der Waals surface area contributed by atoms with Crippen molar-refractivity contribution in [3.05, 3.63) is 12.7 Å². The molecule has 0 saturated carbocycles. The fourth-order valence-corrected chi connectivity index (χ4v) is 1.65. The Hall–Kier alpha value is -1.20. The van der Waals surface area contributed by atoms with Gasteiger partial charge in [0.1, 0.15) is 0 Å². The average Bonchev–Trinajstić information content (AvgIpc) is 2.30. The maximum atomic E-state index is 11.2. The summed E-state index contributed by atoms with van der Waals surface area (Å²) < 4.78 is 0. The summed E-state index contributed by atoms with van der Waals surface area (Å²) in [6.45, 7) is 8.30. The summed E-state index contributed by atoms with van der Waals surface area (Å²) in [6.07, 6.45) is 2.29. The van der Waals surface area contributed by atoms with Gasteiger partial charge in [0.15, 0.2) is 0 Å². The molecule has 1 fully saturated rings. The van der Waals surface area contributed by atoms with Gasteiger partial charge in [0, 0.05) is 32.6 Å². The molecule has 5 heteroatoms. The summed E-state index contributed by atoms with van der Waals surface area (Å²) in [7, 11) is 0. The zero-order valence-electron chi connectivity index (χ0n) is 9.50. The van der Waals surface area contributed by atoms with Gasteiger partial charge in [-0.15, -0.1) is 0 Å². The molecule has 1 saturated heterocycles. The van der Waals surface area contributed by atoms with Crippen molar-refractivity contribution in [1.29, 1.82) is 0 Å². The Balaban J connectivity index is 2.07. The van der Waals surface area contributed by atoms with E-state index in [4.69, 9.17) is 0 Å². The summed E-state index contributed by atoms with van der Waals surface area (Å²) in [5.41, 5.74) is 0. The number of hydrogen-bond acceptors (Lipinski definition) is 4. The molecule has 5 nitrogen and oxygen atoms in total. The van der Waals surface area contributed by atoms with Crippen LogP contribution in [-0.2, 0) is 9.59 Å². The van der Waals surface area contributed by atoms with Gasteiger partial charge >= 0.3 is 0 Å². The molecule has 0 aromatic heterocycles. The Kier molecular flexibility index (Phi) is 5.74. The zero-order chi connectivity index (χ0) is 11.8. The van der Waals surface area contributed by atoms with E-state index in [1.807, 2.05) is 0 Å². The molecule has 0 spiro atoms. The van der Waals surface area contributed by atoms with Crippen LogP contribution in [0.4, 0.5) is 0 Å². The third-order valence-electron chi connectivity index (χ3n) is 2.54. The molecule has 1 heterocycles. The monoisotopic (exact) mass is 225 g/mol. The van der Waals surface area contributed by atoms with Crippen molar-refractivity contribution < 1.29 is 9.59 Å². The number of carbonyl (C=O) groups excluding carboxylic acids is 2. The van der Waals surface area contributed by atoms with E-state index in [0.29, 0.717) is 6.42 Å². The number of carbonyl (C=O) groups is 2. The highest BCUT2D eigenvalue weighted by molar-refractivity contribution is 6.00. The molecular weight excluding hydrogens is 206 g/mol. The second kappa shape index (κ2) is 7.14. The lowest BCUT2D eigenvalue weighted by Crippen LogP contribution is -2.44. The van der Waals surface area contributed by atoms with Gasteiger partial charge < -0.3 is 10.2 Å². The maximum absolute atomic E-state index is 11.2. The van der Waals surface area contributed by atoms with Crippen LogP contribution in [0.5, 0.6) is 0 Å². The molecule has 90 valence electrons. The standard InChI is InChI=1S/C11H19N3O2/c1-2-10(15)13-11(16)4-3-7-14-8-5-12-6-9-14/h2,12H,1,3-9H2,(H,13,15,16). The molecule has 0 aliphatic carbocycles. The molecule has 1 aliphatic rings. The molecule has 2 amide bonds. The summed E-state index contributed by atoms with van der Waals surface area (Å²) in [4.78, 5) is 24.4. The molecule has 0 radical (unpaired) electrons. The molecule has 0 atom stereocenters. The van der Waals surface area contributed by atoms with E-state index in [1.165, 1.54) is 0 Å². The molecule has 2 N–H and O–H groups in total. The van der Waals surface area contributed by atoms with Gasteiger partial charge in [-0.2, -0.15) is 0 Å². The van der Waals surface area contributed by atoms with Crippen LogP contribution >= 0.6 is 0 Å². The lowest BCUT2D eigenvalue weighted by Gasteiger charge is -2.26. The van der Waals surface area contributed by atoms with E-state index in [1.54, 1.807) is 0 Å². The normalized spacial score (nSPS) is 16.8. The summed E-state index contributed by atoms with van der Waals surface area (Å²) in [6, 6.07) is 0. The first-order valence-electron chi connectivity index (χ1n) is 5.61. The number of hydrogen-bond donors (Lipinski definition) is 2. The molecule has 0 aromatic rings. The van der Waals surface area contributed by atoms with Gasteiger partial charge in [0.25, 0.3) is 0 Å². The van der Waals surface area contributed by atoms with Crippen LogP contribution < -0.4 is 10.6 Å². The Labute approximate surface area is 95.9 Å². The van der Waals surface area contributed by atoms with E-state index in [0.717, 1.165) is 45.2 Å². The minimum atomic E-state index is -0.424. The highest BCUT2D eigenvalue weighted by Gasteiger charge is 2.10. The average molecular weight is 225 g/mol. The number of nitrogens with zero attached hydrogens (tertiary/aromatic N) is 1. The Morgan fingerprint density at radius 1 is 1.38 bits per heavy atom. The predicted molar refractivity (Wildman–Crippen MR) is 61.9 cm³/mol. The first-order valence-corrected chi connectivity index (χ1v) is 5.61. The number of nitrogens with one attached hydrogen (secondary N) is 2. The van der Waals surface area contributed by atoms with Crippen molar-refractivity contribution in [2.75, 3.05) is 32.7 Å². The maximum Gasteiger partial charge on any atom is 0.249 e. The van der Waals surface area contributed by atoms with Gasteiger partial charge in [0.05, 0.1) is 0 Å². The summed E-state index contributed by atoms with van der Waals surface area (Å²) in [5, 5.41) is 5.51. The SMILES string of the molecule is C=CC(=O)NC(=O)CCCN1CCNCC1. The van der Waals surface area contributed by atoms with Crippen LogP contribution in [0.15, 0.2) is 12.7 Å². The fraction of sp³-hybridized carbons (Fsp3) is 0.636. The first-order chi connectivity index (χ1) is 7.72. The molecule has 0 aromatic carbocycles. The molecule has 0 unspecified atom stereocenters. The van der Waals surface area contributed by atoms with Crippen molar-refractivity contribution in [2.45, 2.75) is 12.8 Å². The highest BCUT2D eigenvalue weighted by Crippen LogP contribution is 1.97. The van der Waals surface area contributed by atoms with Gasteiger partial charge in [-0.1, -0.05) is 6.58 Å². The summed E-state index contributed by atoms with van der Waals surface area (Å²) >= 11 is 0. The quantitative estimate of drug-likeness (QED) is 0.619. The van der Waals surface area contributed by atoms with Crippen molar-refractivity contribution in [2.24, 2.45) is 0 Å². The van der Waals surface area contributed by atoms with Crippen molar-refractivity contribution in [3.63, 3.8) is 0 Å². The Bertz CT molecular complexity index is 260. The molecule has 0 bridgehead atoms. The van der Waals surface area contributed by atoms with Gasteiger partial charge in [-0.25, -0.2) is 0 Å². The lowest BCUT2D eigenvalue weighted by atomic mass is 10.2. The fourth-order valence-electron chi connectivity index (χ4n) is 1.65. The Morgan fingerprint density at radius 3 is 2.69 bits per heavy atom. The number of amides is 2. The van der Waals surface area contributed by atoms with Crippen molar-refractivity contribution in [1.82, 2.24) is 15.5 Å². The van der Waals surface area contributed by atoms with E-state index in [9.17, 15) is 9.59 Å². The summed E-state index contributed by atoms with van der Waals surface area (Å²) in [5.74, 6) is -0.646. The minimum Gasteiger partial charge on any atom is -0.314 e. The second-order valence-corrected chi connectivity index (χ2v) is 3.81. The van der Waals surface area contributed by atoms with Crippen LogP contribution in [0.25, 0.3) is 0 Å². The largest absolute Gasteiger partial charge is 0.314 e. The molecular formula is C11H19N3O2. The van der Waals surface area contributed by atoms with Gasteiger partial charge in [-0.05, 0) is 19.0 Å². The van der Waals surface area contributed by atoms with Crippen molar-refractivity contribution in [3.8, 4) is 0 Å². The molecule has 1 rings (SSSR count). The predicted octanol–water partition coefficient (Wildman–Crippen LogP) is -0.499. The second-order valence-electron chi connectivity index (χ2n) is 3.81. The third-order valence-corrected chi connectivity index (χ3v) is 2.54. The Morgan fingerprint density at radius 2 is 2.06 bits per heavy atom. The number of imide groups is 1. The van der Waals surface area contributed by atoms with E-state index in [2.05, 4.69) is 22.1 Å². The van der Waals surface area contributed by atoms with Gasteiger partial charge in [-0.3, -0.25) is 14.9 Å². The van der Waals surface area contributed by atoms with Crippen LogP contribution in [0.3, 0.4) is 0 Å². The minimum absolute atomic E-state index is 0.222. The third kappa shape index (κ3) is 5.04. The van der Waals surface area contributed by atoms with E-state index < -0.39 is 5.91 Å². The van der Waals surface area contributed by atoms with Crippen LogP contribution in [0, 0.1) is 0 Å². The zero-order valence-corrected chi connectivity index (χ0v) is 9.50. The van der Waals surface area contributed by atoms with Crippen LogP contribution in [-0.4, -0.2) is 49.4 Å². The van der Waals surface area contributed by atoms with E-state index in [-0.39, 0.29) is 5.91 Å². The number of piperazine rings is 1. The number of rotatable bonds is 5. The van der Waals surface area contributed by atoms with Crippen LogP contribution in [0.2, 0.25) is 0 Å². The van der Waals surface area contributed by atoms with Crippen molar-refractivity contribution >= 4 is 11.8 Å². The van der Waals surface area contributed by atoms with Gasteiger partial charge in [0.2, 0.25) is 11.8 Å².